The Morgan fingerprint density at radius 1 is 1.30 bits per heavy atom. The Labute approximate surface area is 147 Å². The van der Waals surface area contributed by atoms with E-state index < -0.39 is 0 Å². The number of H-pyrrole nitrogens is 1. The highest BCUT2D eigenvalue weighted by Gasteiger charge is 2.30. The van der Waals surface area contributed by atoms with E-state index in [1.807, 2.05) is 49.1 Å². The zero-order valence-corrected chi connectivity index (χ0v) is 14.8. The number of piperazine rings is 1. The molecule has 2 N–H and O–H groups in total. The molecule has 1 aromatic heterocycles. The van der Waals surface area contributed by atoms with Crippen LogP contribution in [0.1, 0.15) is 33.4 Å². The number of aryl methyl sites for hydroxylation is 2. The van der Waals surface area contributed by atoms with Crippen LogP contribution in [0, 0.1) is 13.8 Å². The van der Waals surface area contributed by atoms with Gasteiger partial charge in [0, 0.05) is 30.4 Å². The van der Waals surface area contributed by atoms with Crippen LogP contribution in [-0.4, -0.2) is 35.4 Å². The SMILES string of the molecule is Cc1cc(C)c(C(=O)N2CCNCC2c2cccc(Cl)c2)[nH]1.Cl. The van der Waals surface area contributed by atoms with Crippen LogP contribution in [0.3, 0.4) is 0 Å². The zero-order chi connectivity index (χ0) is 15.7. The third kappa shape index (κ3) is 3.71. The molecular formula is C17H21Cl2N3O. The van der Waals surface area contributed by atoms with Crippen molar-refractivity contribution in [2.45, 2.75) is 19.9 Å². The monoisotopic (exact) mass is 353 g/mol. The molecule has 1 unspecified atom stereocenters. The van der Waals surface area contributed by atoms with Crippen LogP contribution < -0.4 is 5.32 Å². The van der Waals surface area contributed by atoms with Gasteiger partial charge in [-0.25, -0.2) is 0 Å². The van der Waals surface area contributed by atoms with Crippen molar-refractivity contribution in [3.8, 4) is 0 Å². The van der Waals surface area contributed by atoms with Crippen LogP contribution in [0.25, 0.3) is 0 Å². The van der Waals surface area contributed by atoms with Crippen molar-refractivity contribution in [1.82, 2.24) is 15.2 Å². The number of hydrogen-bond donors (Lipinski definition) is 2. The Bertz CT molecular complexity index is 699. The second-order valence-electron chi connectivity index (χ2n) is 5.78. The van der Waals surface area contributed by atoms with Gasteiger partial charge >= 0.3 is 0 Å². The van der Waals surface area contributed by atoms with E-state index in [9.17, 15) is 4.79 Å². The van der Waals surface area contributed by atoms with E-state index in [-0.39, 0.29) is 24.4 Å². The molecule has 1 amide bonds. The van der Waals surface area contributed by atoms with Gasteiger partial charge in [0.1, 0.15) is 5.69 Å². The summed E-state index contributed by atoms with van der Waals surface area (Å²) >= 11 is 6.11. The van der Waals surface area contributed by atoms with E-state index in [2.05, 4.69) is 10.3 Å². The molecule has 4 nitrogen and oxygen atoms in total. The Hall–Kier alpha value is -1.49. The van der Waals surface area contributed by atoms with Gasteiger partial charge in [0.05, 0.1) is 6.04 Å². The van der Waals surface area contributed by atoms with Gasteiger partial charge in [0.15, 0.2) is 0 Å². The number of carbonyl (C=O) groups is 1. The second kappa shape index (κ2) is 7.39. The minimum atomic E-state index is 0. The quantitative estimate of drug-likeness (QED) is 0.867. The van der Waals surface area contributed by atoms with Crippen LogP contribution in [0.4, 0.5) is 0 Å². The van der Waals surface area contributed by atoms with Gasteiger partial charge in [-0.1, -0.05) is 23.7 Å². The molecule has 124 valence electrons. The molecule has 0 saturated carbocycles. The molecule has 0 spiro atoms. The number of hydrogen-bond acceptors (Lipinski definition) is 2. The maximum Gasteiger partial charge on any atom is 0.271 e. The van der Waals surface area contributed by atoms with Crippen LogP contribution >= 0.6 is 24.0 Å². The van der Waals surface area contributed by atoms with E-state index in [1.54, 1.807) is 0 Å². The van der Waals surface area contributed by atoms with E-state index in [0.29, 0.717) is 17.3 Å². The molecule has 1 atom stereocenters. The van der Waals surface area contributed by atoms with Gasteiger partial charge in [0.25, 0.3) is 5.91 Å². The van der Waals surface area contributed by atoms with E-state index in [1.165, 1.54) is 0 Å². The summed E-state index contributed by atoms with van der Waals surface area (Å²) in [6, 6.07) is 9.75. The van der Waals surface area contributed by atoms with E-state index in [4.69, 9.17) is 11.6 Å². The van der Waals surface area contributed by atoms with Crippen LogP contribution in [0.2, 0.25) is 5.02 Å². The largest absolute Gasteiger partial charge is 0.354 e. The fourth-order valence-electron chi connectivity index (χ4n) is 3.05. The Morgan fingerprint density at radius 2 is 2.09 bits per heavy atom. The van der Waals surface area contributed by atoms with Gasteiger partial charge in [-0.3, -0.25) is 4.79 Å². The Morgan fingerprint density at radius 3 is 2.74 bits per heavy atom. The van der Waals surface area contributed by atoms with E-state index >= 15 is 0 Å². The Balaban J connectivity index is 0.00000192. The standard InChI is InChI=1S/C17H20ClN3O.ClH/c1-11-8-12(2)20-16(11)17(22)21-7-6-19-10-15(21)13-4-3-5-14(18)9-13;/h3-5,8-9,15,19-20H,6-7,10H2,1-2H3;1H. The molecule has 0 radical (unpaired) electrons. The predicted molar refractivity (Wildman–Crippen MR) is 95.6 cm³/mol. The lowest BCUT2D eigenvalue weighted by Gasteiger charge is -2.36. The average Bonchev–Trinajstić information content (AvgIpc) is 2.85. The molecular weight excluding hydrogens is 333 g/mol. The minimum Gasteiger partial charge on any atom is -0.354 e. The molecule has 1 saturated heterocycles. The highest BCUT2D eigenvalue weighted by Crippen LogP contribution is 2.26. The van der Waals surface area contributed by atoms with Gasteiger partial charge in [-0.2, -0.15) is 0 Å². The zero-order valence-electron chi connectivity index (χ0n) is 13.2. The summed E-state index contributed by atoms with van der Waals surface area (Å²) in [5.41, 5.74) is 3.75. The third-order valence-electron chi connectivity index (χ3n) is 4.10. The lowest BCUT2D eigenvalue weighted by atomic mass is 10.0. The van der Waals surface area contributed by atoms with E-state index in [0.717, 1.165) is 29.9 Å². The van der Waals surface area contributed by atoms with Gasteiger partial charge in [-0.05, 0) is 43.2 Å². The van der Waals surface area contributed by atoms with Crippen molar-refractivity contribution in [3.63, 3.8) is 0 Å². The number of nitrogens with zero attached hydrogens (tertiary/aromatic N) is 1. The first-order valence-corrected chi connectivity index (χ1v) is 7.87. The molecule has 1 aliphatic heterocycles. The molecule has 2 aromatic rings. The molecule has 3 rings (SSSR count). The van der Waals surface area contributed by atoms with Crippen LogP contribution in [0.15, 0.2) is 30.3 Å². The normalized spacial score (nSPS) is 17.7. The smallest absolute Gasteiger partial charge is 0.271 e. The molecule has 0 aliphatic carbocycles. The molecule has 2 heterocycles. The maximum absolute atomic E-state index is 12.9. The second-order valence-corrected chi connectivity index (χ2v) is 6.22. The number of benzene rings is 1. The van der Waals surface area contributed by atoms with Gasteiger partial charge in [0.2, 0.25) is 0 Å². The highest BCUT2D eigenvalue weighted by atomic mass is 35.5. The summed E-state index contributed by atoms with van der Waals surface area (Å²) in [5, 5.41) is 4.06. The summed E-state index contributed by atoms with van der Waals surface area (Å²) in [6.07, 6.45) is 0. The molecule has 1 fully saturated rings. The average molecular weight is 354 g/mol. The minimum absolute atomic E-state index is 0. The number of halogens is 2. The predicted octanol–water partition coefficient (Wildman–Crippen LogP) is 3.49. The first-order chi connectivity index (χ1) is 10.6. The lowest BCUT2D eigenvalue weighted by molar-refractivity contribution is 0.0628. The number of amides is 1. The fourth-order valence-corrected chi connectivity index (χ4v) is 3.25. The molecule has 0 bridgehead atoms. The van der Waals surface area contributed by atoms with Gasteiger partial charge in [-0.15, -0.1) is 12.4 Å². The Kier molecular flexibility index (Phi) is 5.74. The third-order valence-corrected chi connectivity index (χ3v) is 4.34. The van der Waals surface area contributed by atoms with Crippen molar-refractivity contribution < 1.29 is 4.79 Å². The van der Waals surface area contributed by atoms with Crippen LogP contribution in [-0.2, 0) is 0 Å². The van der Waals surface area contributed by atoms with Crippen molar-refractivity contribution in [2.75, 3.05) is 19.6 Å². The number of aromatic amines is 1. The summed E-state index contributed by atoms with van der Waals surface area (Å²) in [7, 11) is 0. The first-order valence-electron chi connectivity index (χ1n) is 7.49. The number of rotatable bonds is 2. The summed E-state index contributed by atoms with van der Waals surface area (Å²) < 4.78 is 0. The van der Waals surface area contributed by atoms with Gasteiger partial charge < -0.3 is 15.2 Å². The number of nitrogens with one attached hydrogen (secondary N) is 2. The molecule has 23 heavy (non-hydrogen) atoms. The van der Waals surface area contributed by atoms with Crippen molar-refractivity contribution in [2.24, 2.45) is 0 Å². The molecule has 1 aliphatic rings. The highest BCUT2D eigenvalue weighted by molar-refractivity contribution is 6.30. The number of carbonyl (C=O) groups excluding carboxylic acids is 1. The number of aromatic nitrogens is 1. The maximum atomic E-state index is 12.9. The van der Waals surface area contributed by atoms with Crippen molar-refractivity contribution in [3.05, 3.63) is 57.9 Å². The summed E-state index contributed by atoms with van der Waals surface area (Å²) in [5.74, 6) is 0.0528. The van der Waals surface area contributed by atoms with Crippen LogP contribution in [0.5, 0.6) is 0 Å². The van der Waals surface area contributed by atoms with Crippen molar-refractivity contribution >= 4 is 29.9 Å². The van der Waals surface area contributed by atoms with Crippen molar-refractivity contribution in [1.29, 1.82) is 0 Å². The summed E-state index contributed by atoms with van der Waals surface area (Å²) in [6.45, 7) is 6.17. The topological polar surface area (TPSA) is 48.1 Å². The molecule has 1 aromatic carbocycles. The lowest BCUT2D eigenvalue weighted by Crippen LogP contribution is -2.48. The first kappa shape index (κ1) is 17.9. The molecule has 6 heteroatoms. The fraction of sp³-hybridized carbons (Fsp3) is 0.353. The summed E-state index contributed by atoms with van der Waals surface area (Å²) in [4.78, 5) is 18.1.